The number of ether oxygens (including phenoxy) is 1. The minimum atomic E-state index is -0.142. The first-order valence-electron chi connectivity index (χ1n) is 14.0. The molecule has 0 fully saturated rings. The Labute approximate surface area is 224 Å². The van der Waals surface area contributed by atoms with E-state index in [0.717, 1.165) is 30.1 Å². The highest BCUT2D eigenvalue weighted by Gasteiger charge is 2.21. The Kier molecular flexibility index (Phi) is 14.6. The van der Waals surface area contributed by atoms with E-state index in [4.69, 9.17) is 4.74 Å². The van der Waals surface area contributed by atoms with Gasteiger partial charge in [-0.15, -0.1) is 0 Å². The second kappa shape index (κ2) is 17.4. The number of unbranched alkanes of at least 4 members (excludes halogenated alkanes) is 5. The number of carbonyl (C=O) groups excluding carboxylic acids is 1. The van der Waals surface area contributed by atoms with E-state index in [0.29, 0.717) is 17.9 Å². The number of anilines is 1. The Balaban J connectivity index is 1.80. The molecule has 0 unspecified atom stereocenters. The van der Waals surface area contributed by atoms with Crippen molar-refractivity contribution >= 4 is 23.5 Å². The maximum Gasteiger partial charge on any atom is 0.259 e. The molecule has 200 valence electrons. The topological polar surface area (TPSA) is 50.4 Å². The smallest absolute Gasteiger partial charge is 0.259 e. The van der Waals surface area contributed by atoms with E-state index in [2.05, 4.69) is 37.7 Å². The van der Waals surface area contributed by atoms with Crippen molar-refractivity contribution in [3.05, 3.63) is 54.1 Å². The van der Waals surface area contributed by atoms with E-state index in [9.17, 15) is 4.79 Å². The van der Waals surface area contributed by atoms with Crippen molar-refractivity contribution in [2.75, 3.05) is 44.6 Å². The third-order valence-corrected chi connectivity index (χ3v) is 7.77. The number of quaternary nitrogens is 1. The van der Waals surface area contributed by atoms with Gasteiger partial charge < -0.3 is 14.5 Å². The minimum Gasteiger partial charge on any atom is -0.493 e. The molecule has 0 saturated carbocycles. The summed E-state index contributed by atoms with van der Waals surface area (Å²) >= 11 is 1.65. The maximum absolute atomic E-state index is 12.9. The molecule has 0 aliphatic rings. The molecule has 2 aromatic carbocycles. The average molecular weight is 515 g/mol. The van der Waals surface area contributed by atoms with Crippen LogP contribution in [0.25, 0.3) is 0 Å². The Bertz CT molecular complexity index is 869. The minimum absolute atomic E-state index is 0.142. The van der Waals surface area contributed by atoms with Crippen molar-refractivity contribution in [1.82, 2.24) is 4.72 Å². The number of nitrogens with zero attached hydrogens (tertiary/aromatic N) is 1. The van der Waals surface area contributed by atoms with Crippen LogP contribution in [-0.4, -0.2) is 49.7 Å². The first-order valence-corrected chi connectivity index (χ1v) is 14.8. The van der Waals surface area contributed by atoms with Gasteiger partial charge in [0.1, 0.15) is 5.75 Å². The fourth-order valence-corrected chi connectivity index (χ4v) is 5.14. The van der Waals surface area contributed by atoms with Crippen molar-refractivity contribution in [2.24, 2.45) is 0 Å². The van der Waals surface area contributed by atoms with Crippen LogP contribution in [0.15, 0.2) is 53.4 Å². The van der Waals surface area contributed by atoms with Crippen molar-refractivity contribution in [3.63, 3.8) is 0 Å². The quantitative estimate of drug-likeness (QED) is 0.115. The third-order valence-electron chi connectivity index (χ3n) is 6.92. The summed E-state index contributed by atoms with van der Waals surface area (Å²) in [6.07, 6.45) is 8.51. The highest BCUT2D eigenvalue weighted by atomic mass is 32.2. The van der Waals surface area contributed by atoms with Crippen molar-refractivity contribution < 1.29 is 14.0 Å². The van der Waals surface area contributed by atoms with Gasteiger partial charge in [0, 0.05) is 10.6 Å². The fourth-order valence-electron chi connectivity index (χ4n) is 4.51. The molecule has 0 aliphatic carbocycles. The van der Waals surface area contributed by atoms with Gasteiger partial charge in [0.05, 0.1) is 44.9 Å². The number of amides is 1. The first-order chi connectivity index (χ1) is 17.6. The molecule has 0 atom stereocenters. The van der Waals surface area contributed by atoms with E-state index in [-0.39, 0.29) is 5.91 Å². The van der Waals surface area contributed by atoms with Crippen LogP contribution in [0.1, 0.15) is 83.0 Å². The van der Waals surface area contributed by atoms with E-state index >= 15 is 0 Å². The number of carbonyl (C=O) groups is 1. The lowest BCUT2D eigenvalue weighted by Gasteiger charge is -2.36. The van der Waals surface area contributed by atoms with Gasteiger partial charge in [-0.1, -0.05) is 58.1 Å². The first kappa shape index (κ1) is 30.2. The van der Waals surface area contributed by atoms with Crippen LogP contribution in [-0.2, 0) is 0 Å². The number of hydrogen-bond acceptors (Lipinski definition) is 4. The zero-order valence-electron chi connectivity index (χ0n) is 23.0. The molecule has 0 radical (unpaired) electrons. The fraction of sp³-hybridized carbons (Fsp3) is 0.567. The zero-order chi connectivity index (χ0) is 26.1. The molecule has 0 spiro atoms. The molecule has 5 nitrogen and oxygen atoms in total. The summed E-state index contributed by atoms with van der Waals surface area (Å²) in [5.41, 5.74) is 1.36. The Morgan fingerprint density at radius 1 is 0.833 bits per heavy atom. The molecule has 0 saturated heterocycles. The number of hydrogen-bond donors (Lipinski definition) is 2. The lowest BCUT2D eigenvalue weighted by Crippen LogP contribution is -2.51. The molecule has 0 bridgehead atoms. The van der Waals surface area contributed by atoms with Crippen molar-refractivity contribution in [1.29, 1.82) is 0 Å². The third kappa shape index (κ3) is 10.5. The molecule has 2 rings (SSSR count). The normalized spacial score (nSPS) is 11.4. The van der Waals surface area contributed by atoms with E-state index in [1.54, 1.807) is 11.9 Å². The predicted octanol–water partition coefficient (Wildman–Crippen LogP) is 7.54. The number of benzene rings is 2. The highest BCUT2D eigenvalue weighted by Crippen LogP contribution is 2.22. The lowest BCUT2D eigenvalue weighted by molar-refractivity contribution is -0.923. The van der Waals surface area contributed by atoms with Crippen LogP contribution < -0.4 is 14.8 Å². The van der Waals surface area contributed by atoms with Gasteiger partial charge in [-0.05, 0) is 75.0 Å². The van der Waals surface area contributed by atoms with Crippen LogP contribution in [0.5, 0.6) is 5.75 Å². The molecule has 0 aromatic heterocycles. The predicted molar refractivity (Wildman–Crippen MR) is 155 cm³/mol. The number of para-hydroxylation sites is 1. The highest BCUT2D eigenvalue weighted by molar-refractivity contribution is 7.97. The molecule has 0 heterocycles. The van der Waals surface area contributed by atoms with Crippen LogP contribution in [0.2, 0.25) is 0 Å². The SMILES string of the molecule is CCCCCCCCOc1ccccc1C(=O)Nc1ccc(SNCC[N+](CC)(CC)CCC)cc1. The summed E-state index contributed by atoms with van der Waals surface area (Å²) in [6.45, 7) is 15.4. The lowest BCUT2D eigenvalue weighted by atomic mass is 10.1. The van der Waals surface area contributed by atoms with Crippen LogP contribution in [0, 0.1) is 0 Å². The molecular weight excluding hydrogens is 466 g/mol. The number of rotatable bonds is 19. The van der Waals surface area contributed by atoms with E-state index in [1.807, 2.05) is 48.5 Å². The van der Waals surface area contributed by atoms with Gasteiger partial charge >= 0.3 is 0 Å². The van der Waals surface area contributed by atoms with Crippen molar-refractivity contribution in [2.45, 2.75) is 77.5 Å². The molecular formula is C30H48N3O2S+. The molecule has 2 N–H and O–H groups in total. The van der Waals surface area contributed by atoms with Crippen LogP contribution in [0.3, 0.4) is 0 Å². The van der Waals surface area contributed by atoms with Gasteiger partial charge in [0.2, 0.25) is 0 Å². The summed E-state index contributed by atoms with van der Waals surface area (Å²) in [6, 6.07) is 15.5. The van der Waals surface area contributed by atoms with E-state index in [1.165, 1.54) is 62.6 Å². The Morgan fingerprint density at radius 3 is 2.22 bits per heavy atom. The Hall–Kier alpha value is -2.02. The summed E-state index contributed by atoms with van der Waals surface area (Å²) in [4.78, 5) is 14.1. The number of nitrogens with one attached hydrogen (secondary N) is 2. The Morgan fingerprint density at radius 2 is 1.53 bits per heavy atom. The molecule has 2 aromatic rings. The number of likely N-dealkylation sites (N-methyl/N-ethyl adjacent to an activating group) is 1. The van der Waals surface area contributed by atoms with Gasteiger partial charge in [0.25, 0.3) is 5.91 Å². The maximum atomic E-state index is 12.9. The van der Waals surface area contributed by atoms with Gasteiger partial charge in [0.15, 0.2) is 0 Å². The monoisotopic (exact) mass is 514 g/mol. The second-order valence-corrected chi connectivity index (χ2v) is 10.5. The second-order valence-electron chi connectivity index (χ2n) is 9.51. The van der Waals surface area contributed by atoms with Crippen LogP contribution in [0.4, 0.5) is 5.69 Å². The molecule has 1 amide bonds. The average Bonchev–Trinajstić information content (AvgIpc) is 2.91. The summed E-state index contributed by atoms with van der Waals surface area (Å²) in [5.74, 6) is 0.507. The summed E-state index contributed by atoms with van der Waals surface area (Å²) in [5, 5.41) is 3.02. The van der Waals surface area contributed by atoms with Gasteiger partial charge in [-0.2, -0.15) is 0 Å². The van der Waals surface area contributed by atoms with Gasteiger partial charge in [-0.3, -0.25) is 9.52 Å². The molecule has 36 heavy (non-hydrogen) atoms. The van der Waals surface area contributed by atoms with E-state index < -0.39 is 0 Å². The summed E-state index contributed by atoms with van der Waals surface area (Å²) in [7, 11) is 0. The zero-order valence-corrected chi connectivity index (χ0v) is 23.8. The largest absolute Gasteiger partial charge is 0.493 e. The van der Waals surface area contributed by atoms with Crippen LogP contribution >= 0.6 is 11.9 Å². The van der Waals surface area contributed by atoms with Gasteiger partial charge in [-0.25, -0.2) is 0 Å². The van der Waals surface area contributed by atoms with Crippen molar-refractivity contribution in [3.8, 4) is 5.75 Å². The molecule has 6 heteroatoms. The standard InChI is InChI=1S/C30H47N3O2S/c1-5-9-10-11-12-15-25-35-29-17-14-13-16-28(29)30(34)32-26-18-20-27(21-19-26)36-31-22-24-33(7-3,8-4)23-6-2/h13-14,16-21,31H,5-12,15,22-25H2,1-4H3/p+1. The molecule has 0 aliphatic heterocycles. The summed E-state index contributed by atoms with van der Waals surface area (Å²) < 4.78 is 10.6.